The smallest absolute Gasteiger partial charge is 0.255 e. The molecule has 0 saturated heterocycles. The normalized spacial score (nSPS) is 13.1. The Bertz CT molecular complexity index is 2040. The first kappa shape index (κ1) is 30.0. The highest BCUT2D eigenvalue weighted by atomic mass is 32.2. The second-order valence-electron chi connectivity index (χ2n) is 10.7. The molecule has 2 amide bonds. The van der Waals surface area contributed by atoms with Crippen LogP contribution in [0.5, 0.6) is 0 Å². The number of carbonyl (C=O) groups is 2. The Hall–Kier alpha value is -5.04. The van der Waals surface area contributed by atoms with Crippen LogP contribution in [0.3, 0.4) is 0 Å². The third-order valence-electron chi connectivity index (χ3n) is 7.81. The van der Waals surface area contributed by atoms with Gasteiger partial charge in [0.25, 0.3) is 11.8 Å². The molecule has 0 saturated carbocycles. The van der Waals surface area contributed by atoms with Crippen LogP contribution in [0.2, 0.25) is 0 Å². The van der Waals surface area contributed by atoms with E-state index in [4.69, 9.17) is 4.42 Å². The zero-order chi connectivity index (χ0) is 31.9. The van der Waals surface area contributed by atoms with Crippen LogP contribution in [-0.4, -0.2) is 68.2 Å². The van der Waals surface area contributed by atoms with Crippen molar-refractivity contribution in [3.63, 3.8) is 0 Å². The fourth-order valence-electron chi connectivity index (χ4n) is 5.65. The number of aromatic amines is 1. The molecule has 1 aliphatic rings. The number of imidazole rings is 1. The number of alkyl halides is 1. The predicted molar refractivity (Wildman–Crippen MR) is 166 cm³/mol. The molecule has 0 atom stereocenters. The first-order valence-electron chi connectivity index (χ1n) is 14.1. The number of H-pyrrole nitrogens is 1. The highest BCUT2D eigenvalue weighted by molar-refractivity contribution is 7.92. The van der Waals surface area contributed by atoms with Crippen LogP contribution >= 0.6 is 0 Å². The second kappa shape index (κ2) is 11.8. The summed E-state index contributed by atoms with van der Waals surface area (Å²) in [4.78, 5) is 35.9. The predicted octanol–water partition coefficient (Wildman–Crippen LogP) is 4.92. The van der Waals surface area contributed by atoms with E-state index < -0.39 is 35.0 Å². The van der Waals surface area contributed by atoms with E-state index in [1.165, 1.54) is 37.4 Å². The third-order valence-corrected chi connectivity index (χ3v) is 8.99. The van der Waals surface area contributed by atoms with E-state index in [-0.39, 0.29) is 28.5 Å². The fraction of sp³-hybridized carbons (Fsp3) is 0.219. The Morgan fingerprint density at radius 1 is 1.11 bits per heavy atom. The van der Waals surface area contributed by atoms with Gasteiger partial charge in [-0.2, -0.15) is 0 Å². The minimum atomic E-state index is -3.98. The molecule has 0 radical (unpaired) electrons. The van der Waals surface area contributed by atoms with Gasteiger partial charge in [0, 0.05) is 48.2 Å². The summed E-state index contributed by atoms with van der Waals surface area (Å²) in [6.07, 6.45) is 3.18. The highest BCUT2D eigenvalue weighted by Crippen LogP contribution is 2.42. The number of nitrogens with one attached hydrogen (secondary N) is 2. The summed E-state index contributed by atoms with van der Waals surface area (Å²) in [6.45, 7) is -0.585. The van der Waals surface area contributed by atoms with Crippen molar-refractivity contribution in [1.29, 1.82) is 0 Å². The first-order valence-corrected chi connectivity index (χ1v) is 16.0. The molecule has 5 aromatic rings. The number of hydrogen-bond donors (Lipinski definition) is 2. The molecule has 2 aromatic heterocycles. The van der Waals surface area contributed by atoms with Gasteiger partial charge in [-0.25, -0.2) is 22.2 Å². The van der Waals surface area contributed by atoms with Crippen LogP contribution < -0.4 is 9.62 Å². The first-order chi connectivity index (χ1) is 21.6. The molecule has 3 aromatic carbocycles. The van der Waals surface area contributed by atoms with Gasteiger partial charge in [-0.1, -0.05) is 12.1 Å². The van der Waals surface area contributed by atoms with Crippen molar-refractivity contribution in [3.8, 4) is 22.5 Å². The zero-order valence-electron chi connectivity index (χ0n) is 24.4. The summed E-state index contributed by atoms with van der Waals surface area (Å²) >= 11 is 0. The molecular formula is C32H29F2N5O5S. The number of furan rings is 1. The molecule has 2 N–H and O–H groups in total. The quantitative estimate of drug-likeness (QED) is 0.250. The number of amides is 2. The van der Waals surface area contributed by atoms with Crippen LogP contribution in [0.1, 0.15) is 32.1 Å². The maximum atomic E-state index is 13.8. The number of nitrogens with zero attached hydrogens (tertiary/aromatic N) is 3. The number of hydrogen-bond acceptors (Lipinski definition) is 6. The number of carbonyl (C=O) groups excluding carboxylic acids is 2. The molecular weight excluding hydrogens is 604 g/mol. The van der Waals surface area contributed by atoms with Gasteiger partial charge in [-0.15, -0.1) is 0 Å². The van der Waals surface area contributed by atoms with E-state index in [2.05, 4.69) is 15.3 Å². The number of benzene rings is 3. The molecule has 0 fully saturated rings. The van der Waals surface area contributed by atoms with Gasteiger partial charge < -0.3 is 19.6 Å². The molecule has 0 bridgehead atoms. The van der Waals surface area contributed by atoms with Gasteiger partial charge in [0.1, 0.15) is 23.8 Å². The summed E-state index contributed by atoms with van der Waals surface area (Å²) in [6, 6.07) is 15.2. The van der Waals surface area contributed by atoms with E-state index in [0.717, 1.165) is 21.9 Å². The summed E-state index contributed by atoms with van der Waals surface area (Å²) < 4.78 is 60.4. The minimum Gasteiger partial charge on any atom is -0.455 e. The number of fused-ring (bicyclic) bond motifs is 2. The Morgan fingerprint density at radius 2 is 1.89 bits per heavy atom. The van der Waals surface area contributed by atoms with Crippen LogP contribution in [0.4, 0.5) is 14.5 Å². The van der Waals surface area contributed by atoms with Crippen molar-refractivity contribution >= 4 is 38.5 Å². The summed E-state index contributed by atoms with van der Waals surface area (Å²) in [5, 5.41) is 2.95. The second-order valence-corrected chi connectivity index (χ2v) is 12.6. The van der Waals surface area contributed by atoms with Crippen molar-refractivity contribution in [2.24, 2.45) is 0 Å². The number of rotatable bonds is 8. The molecule has 0 unspecified atom stereocenters. The molecule has 232 valence electrons. The monoisotopic (exact) mass is 633 g/mol. The van der Waals surface area contributed by atoms with Gasteiger partial charge in [-0.05, 0) is 48.0 Å². The Labute approximate surface area is 257 Å². The Balaban J connectivity index is 1.54. The summed E-state index contributed by atoms with van der Waals surface area (Å²) in [5.41, 5.74) is 3.80. The fourth-order valence-corrected chi connectivity index (χ4v) is 6.56. The van der Waals surface area contributed by atoms with E-state index in [1.807, 2.05) is 0 Å². The van der Waals surface area contributed by atoms with E-state index in [1.54, 1.807) is 41.6 Å². The number of anilines is 1. The molecule has 13 heteroatoms. The minimum absolute atomic E-state index is 0.107. The maximum Gasteiger partial charge on any atom is 0.255 e. The summed E-state index contributed by atoms with van der Waals surface area (Å²) in [7, 11) is -2.52. The third kappa shape index (κ3) is 5.66. The van der Waals surface area contributed by atoms with E-state index in [9.17, 15) is 26.8 Å². The number of aromatic nitrogens is 2. The SMILES string of the molecule is CNC(=O)c1c(-c2ccc(F)cc2)oc2cc(N(CCF)S(C)(=O)=O)c(-c3cccc(C(=O)N4CCc5nc[nH]c5C4)c3)cc12. The maximum absolute atomic E-state index is 13.8. The van der Waals surface area contributed by atoms with Gasteiger partial charge in [0.05, 0.1) is 48.3 Å². The van der Waals surface area contributed by atoms with Gasteiger partial charge in [-0.3, -0.25) is 13.9 Å². The number of halogens is 2. The van der Waals surface area contributed by atoms with Crippen molar-refractivity contribution in [1.82, 2.24) is 20.2 Å². The van der Waals surface area contributed by atoms with Gasteiger partial charge in [0.15, 0.2) is 0 Å². The Morgan fingerprint density at radius 3 is 2.60 bits per heavy atom. The lowest BCUT2D eigenvalue weighted by Crippen LogP contribution is -2.36. The van der Waals surface area contributed by atoms with Crippen molar-refractivity contribution in [2.45, 2.75) is 13.0 Å². The number of sulfonamides is 1. The highest BCUT2D eigenvalue weighted by Gasteiger charge is 2.28. The molecule has 0 aliphatic carbocycles. The molecule has 10 nitrogen and oxygen atoms in total. The van der Waals surface area contributed by atoms with Crippen LogP contribution in [0.15, 0.2) is 71.4 Å². The zero-order valence-corrected chi connectivity index (χ0v) is 25.2. The van der Waals surface area contributed by atoms with Crippen molar-refractivity contribution < 1.29 is 31.2 Å². The van der Waals surface area contributed by atoms with Crippen molar-refractivity contribution in [2.75, 3.05) is 37.4 Å². The van der Waals surface area contributed by atoms with Crippen LogP contribution in [0.25, 0.3) is 33.4 Å². The van der Waals surface area contributed by atoms with Crippen molar-refractivity contribution in [3.05, 3.63) is 95.3 Å². The molecule has 1 aliphatic heterocycles. The van der Waals surface area contributed by atoms with Crippen LogP contribution in [0, 0.1) is 5.82 Å². The lowest BCUT2D eigenvalue weighted by Gasteiger charge is -2.27. The van der Waals surface area contributed by atoms with Gasteiger partial charge >= 0.3 is 0 Å². The standard InChI is InChI=1S/C32H29F2N5O5S/c1-35-31(40)29-24-15-23(20-4-3-5-21(14-20)32(41)38-12-10-25-26(17-38)37-18-36-25)27(39(13-11-33)45(2,42)43)16-28(24)44-30(29)19-6-8-22(34)9-7-19/h3-9,14-16,18H,10-13,17H2,1-2H3,(H,35,40)(H,36,37). The van der Waals surface area contributed by atoms with Crippen LogP contribution in [-0.2, 0) is 23.0 Å². The largest absolute Gasteiger partial charge is 0.455 e. The Kier molecular flexibility index (Phi) is 7.87. The topological polar surface area (TPSA) is 129 Å². The lowest BCUT2D eigenvalue weighted by molar-refractivity contribution is 0.0731. The van der Waals surface area contributed by atoms with E-state index >= 15 is 0 Å². The average molecular weight is 634 g/mol. The molecule has 45 heavy (non-hydrogen) atoms. The average Bonchev–Trinajstić information content (AvgIpc) is 3.66. The molecule has 3 heterocycles. The molecule has 6 rings (SSSR count). The molecule has 0 spiro atoms. The van der Waals surface area contributed by atoms with Gasteiger partial charge in [0.2, 0.25) is 10.0 Å². The summed E-state index contributed by atoms with van der Waals surface area (Å²) in [5.74, 6) is -1.03. The van der Waals surface area contributed by atoms with E-state index in [0.29, 0.717) is 47.2 Å². The lowest BCUT2D eigenvalue weighted by atomic mass is 9.97.